The molecule has 0 spiro atoms. The van der Waals surface area contributed by atoms with Gasteiger partial charge in [-0.3, -0.25) is 9.59 Å². The standard InChI is InChI=1S/C16H24O3/c1-9(2)11-7-12-10(3)13(17)15(11,4)8-16(12,5)14(18)19-6/h10-12H,1,7-8H2,2-6H3/t10-,11-,12+,15-,16+/m0/s1. The van der Waals surface area contributed by atoms with Gasteiger partial charge < -0.3 is 4.74 Å². The Hall–Kier alpha value is -1.12. The van der Waals surface area contributed by atoms with E-state index in [9.17, 15) is 9.59 Å². The molecule has 0 aliphatic heterocycles. The fourth-order valence-electron chi connectivity index (χ4n) is 4.71. The summed E-state index contributed by atoms with van der Waals surface area (Å²) in [5, 5.41) is 0. The molecule has 5 atom stereocenters. The second-order valence-electron chi connectivity index (χ2n) is 6.90. The Bertz CT molecular complexity index is 453. The predicted molar refractivity (Wildman–Crippen MR) is 73.4 cm³/mol. The van der Waals surface area contributed by atoms with Gasteiger partial charge in [0.05, 0.1) is 12.5 Å². The number of carbonyl (C=O) groups is 2. The summed E-state index contributed by atoms with van der Waals surface area (Å²) in [6.07, 6.45) is 1.45. The third-order valence-corrected chi connectivity index (χ3v) is 5.64. The molecule has 0 heterocycles. The fraction of sp³-hybridized carbons (Fsp3) is 0.750. The Kier molecular flexibility index (Phi) is 3.15. The van der Waals surface area contributed by atoms with Gasteiger partial charge in [-0.05, 0) is 38.5 Å². The minimum Gasteiger partial charge on any atom is -0.469 e. The van der Waals surface area contributed by atoms with Crippen molar-refractivity contribution in [1.29, 1.82) is 0 Å². The van der Waals surface area contributed by atoms with Gasteiger partial charge in [-0.1, -0.05) is 26.0 Å². The van der Waals surface area contributed by atoms with Crippen LogP contribution in [-0.2, 0) is 14.3 Å². The number of ketones is 1. The van der Waals surface area contributed by atoms with Crippen molar-refractivity contribution < 1.29 is 14.3 Å². The maximum absolute atomic E-state index is 12.6. The van der Waals surface area contributed by atoms with E-state index in [0.717, 1.165) is 12.0 Å². The first kappa shape index (κ1) is 14.3. The van der Waals surface area contributed by atoms with Crippen molar-refractivity contribution >= 4 is 11.8 Å². The van der Waals surface area contributed by atoms with Crippen LogP contribution in [0.25, 0.3) is 0 Å². The number of hydrogen-bond donors (Lipinski definition) is 0. The first-order chi connectivity index (χ1) is 8.68. The summed E-state index contributed by atoms with van der Waals surface area (Å²) in [5.74, 6) is 0.301. The molecular weight excluding hydrogens is 240 g/mol. The number of rotatable bonds is 2. The van der Waals surface area contributed by atoms with Crippen LogP contribution < -0.4 is 0 Å². The molecule has 3 rings (SSSR count). The molecule has 0 unspecified atom stereocenters. The summed E-state index contributed by atoms with van der Waals surface area (Å²) in [6, 6.07) is 0. The van der Waals surface area contributed by atoms with E-state index in [4.69, 9.17) is 4.74 Å². The molecule has 106 valence electrons. The zero-order chi connectivity index (χ0) is 14.6. The SMILES string of the molecule is C=C(C)[C@@H]1C[C@@H]2[C@H](C)C(=O)[C@@]1(C)C[C@@]2(C)C(=O)OC. The number of methoxy groups -OCH3 is 1. The first-order valence-corrected chi connectivity index (χ1v) is 6.96. The maximum Gasteiger partial charge on any atom is 0.311 e. The molecule has 0 amide bonds. The molecule has 0 aromatic heterocycles. The highest BCUT2D eigenvalue weighted by atomic mass is 16.5. The van der Waals surface area contributed by atoms with E-state index in [1.807, 2.05) is 27.7 Å². The zero-order valence-corrected chi connectivity index (χ0v) is 12.6. The molecule has 3 aliphatic rings. The molecule has 3 heteroatoms. The highest BCUT2D eigenvalue weighted by Crippen LogP contribution is 2.63. The summed E-state index contributed by atoms with van der Waals surface area (Å²) in [7, 11) is 1.43. The van der Waals surface area contributed by atoms with Gasteiger partial charge in [0.1, 0.15) is 5.78 Å². The number of hydrogen-bond acceptors (Lipinski definition) is 3. The van der Waals surface area contributed by atoms with Crippen molar-refractivity contribution in [2.75, 3.05) is 7.11 Å². The van der Waals surface area contributed by atoms with Crippen LogP contribution in [0.5, 0.6) is 0 Å². The minimum absolute atomic E-state index is 0.0657. The van der Waals surface area contributed by atoms with E-state index in [1.165, 1.54) is 7.11 Å². The van der Waals surface area contributed by atoms with Crippen LogP contribution in [0.3, 0.4) is 0 Å². The quantitative estimate of drug-likeness (QED) is 0.569. The number of Topliss-reactive ketones (excluding diaryl/α,β-unsaturated/α-hetero) is 1. The number of esters is 1. The maximum atomic E-state index is 12.6. The second kappa shape index (κ2) is 4.19. The van der Waals surface area contributed by atoms with Gasteiger partial charge in [0, 0.05) is 11.3 Å². The molecule has 2 bridgehead atoms. The van der Waals surface area contributed by atoms with Crippen LogP contribution in [0.1, 0.15) is 40.5 Å². The van der Waals surface area contributed by atoms with E-state index < -0.39 is 10.8 Å². The second-order valence-corrected chi connectivity index (χ2v) is 6.90. The van der Waals surface area contributed by atoms with Gasteiger partial charge in [0.2, 0.25) is 0 Å². The third-order valence-electron chi connectivity index (χ3n) is 5.64. The van der Waals surface area contributed by atoms with Crippen molar-refractivity contribution in [2.45, 2.75) is 40.5 Å². The molecular formula is C16H24O3. The van der Waals surface area contributed by atoms with E-state index in [-0.39, 0.29) is 29.5 Å². The Morgan fingerprint density at radius 1 is 1.42 bits per heavy atom. The van der Waals surface area contributed by atoms with Crippen molar-refractivity contribution in [3.63, 3.8) is 0 Å². The third kappa shape index (κ3) is 1.70. The molecule has 0 radical (unpaired) electrons. The molecule has 3 nitrogen and oxygen atoms in total. The van der Waals surface area contributed by atoms with Crippen LogP contribution in [0.2, 0.25) is 0 Å². The topological polar surface area (TPSA) is 43.4 Å². The number of ether oxygens (including phenoxy) is 1. The average molecular weight is 264 g/mol. The van der Waals surface area contributed by atoms with Crippen LogP contribution in [0.15, 0.2) is 12.2 Å². The van der Waals surface area contributed by atoms with Crippen molar-refractivity contribution in [3.8, 4) is 0 Å². The Balaban J connectivity index is 2.49. The summed E-state index contributed by atoms with van der Waals surface area (Å²) in [4.78, 5) is 24.8. The fourth-order valence-corrected chi connectivity index (χ4v) is 4.71. The molecule has 0 N–H and O–H groups in total. The number of allylic oxidation sites excluding steroid dienone is 1. The first-order valence-electron chi connectivity index (χ1n) is 6.96. The summed E-state index contributed by atoms with van der Waals surface area (Å²) in [6.45, 7) is 12.0. The van der Waals surface area contributed by atoms with E-state index in [0.29, 0.717) is 6.42 Å². The smallest absolute Gasteiger partial charge is 0.311 e. The molecule has 0 saturated heterocycles. The highest BCUT2D eigenvalue weighted by Gasteiger charge is 2.64. The highest BCUT2D eigenvalue weighted by molar-refractivity contribution is 5.92. The van der Waals surface area contributed by atoms with Gasteiger partial charge in [-0.2, -0.15) is 0 Å². The predicted octanol–water partition coefficient (Wildman–Crippen LogP) is 2.99. The molecule has 0 aromatic carbocycles. The van der Waals surface area contributed by atoms with Crippen LogP contribution >= 0.6 is 0 Å². The largest absolute Gasteiger partial charge is 0.469 e. The number of fused-ring (bicyclic) bond motifs is 3. The lowest BCUT2D eigenvalue weighted by atomic mass is 9.43. The van der Waals surface area contributed by atoms with Gasteiger partial charge in [-0.25, -0.2) is 0 Å². The molecule has 0 aromatic rings. The van der Waals surface area contributed by atoms with Gasteiger partial charge in [0.25, 0.3) is 0 Å². The lowest BCUT2D eigenvalue weighted by Gasteiger charge is -2.59. The summed E-state index contributed by atoms with van der Waals surface area (Å²) >= 11 is 0. The van der Waals surface area contributed by atoms with Crippen LogP contribution in [0.4, 0.5) is 0 Å². The van der Waals surface area contributed by atoms with Crippen molar-refractivity contribution in [3.05, 3.63) is 12.2 Å². The van der Waals surface area contributed by atoms with Crippen molar-refractivity contribution in [2.24, 2.45) is 28.6 Å². The lowest BCUT2D eigenvalue weighted by molar-refractivity contribution is -0.181. The number of carbonyl (C=O) groups excluding carboxylic acids is 2. The van der Waals surface area contributed by atoms with E-state index >= 15 is 0 Å². The molecule has 3 saturated carbocycles. The lowest BCUT2D eigenvalue weighted by Crippen LogP contribution is -2.62. The van der Waals surface area contributed by atoms with Crippen molar-refractivity contribution in [1.82, 2.24) is 0 Å². The van der Waals surface area contributed by atoms with Gasteiger partial charge in [-0.15, -0.1) is 0 Å². The molecule has 3 fully saturated rings. The molecule has 19 heavy (non-hydrogen) atoms. The van der Waals surface area contributed by atoms with Crippen LogP contribution in [-0.4, -0.2) is 18.9 Å². The van der Waals surface area contributed by atoms with E-state index in [1.54, 1.807) is 0 Å². The normalized spacial score (nSPS) is 45.1. The Labute approximate surface area is 115 Å². The van der Waals surface area contributed by atoms with Gasteiger partial charge >= 0.3 is 5.97 Å². The minimum atomic E-state index is -0.539. The zero-order valence-electron chi connectivity index (χ0n) is 12.6. The monoisotopic (exact) mass is 264 g/mol. The summed E-state index contributed by atoms with van der Waals surface area (Å²) in [5.41, 5.74) is 0.0470. The average Bonchev–Trinajstić information content (AvgIpc) is 2.33. The Morgan fingerprint density at radius 3 is 2.47 bits per heavy atom. The molecule has 3 aliphatic carbocycles. The van der Waals surface area contributed by atoms with Crippen LogP contribution in [0, 0.1) is 28.6 Å². The van der Waals surface area contributed by atoms with Gasteiger partial charge in [0.15, 0.2) is 0 Å². The Morgan fingerprint density at radius 2 is 2.00 bits per heavy atom. The van der Waals surface area contributed by atoms with E-state index in [2.05, 4.69) is 6.58 Å². The summed E-state index contributed by atoms with van der Waals surface area (Å²) < 4.78 is 5.00.